The molecule has 2 amide bonds. The summed E-state index contributed by atoms with van der Waals surface area (Å²) in [5.74, 6) is -1.61. The maximum atomic E-state index is 13.8. The number of rotatable bonds is 5. The number of hydrogen-bond acceptors (Lipinski definition) is 4. The number of aryl methyl sites for hydroxylation is 2. The highest BCUT2D eigenvalue weighted by molar-refractivity contribution is 7.89. The van der Waals surface area contributed by atoms with Crippen molar-refractivity contribution in [2.75, 3.05) is 23.7 Å². The molecule has 176 valence electrons. The molecule has 0 spiro atoms. The van der Waals surface area contributed by atoms with Crippen molar-refractivity contribution in [2.24, 2.45) is 5.92 Å². The first-order chi connectivity index (χ1) is 15.7. The van der Waals surface area contributed by atoms with E-state index in [2.05, 4.69) is 10.6 Å². The molecule has 33 heavy (non-hydrogen) atoms. The number of sulfonamides is 1. The Hall–Kier alpha value is -2.78. The molecule has 1 aliphatic carbocycles. The second-order valence-electron chi connectivity index (χ2n) is 8.68. The average molecular weight is 474 g/mol. The van der Waals surface area contributed by atoms with Crippen molar-refractivity contribution in [3.8, 4) is 0 Å². The van der Waals surface area contributed by atoms with Crippen molar-refractivity contribution in [1.29, 1.82) is 0 Å². The van der Waals surface area contributed by atoms with Gasteiger partial charge in [-0.2, -0.15) is 4.31 Å². The molecule has 0 bridgehead atoms. The van der Waals surface area contributed by atoms with E-state index in [1.165, 1.54) is 35.0 Å². The summed E-state index contributed by atoms with van der Waals surface area (Å²) in [6.07, 6.45) is 4.93. The summed E-state index contributed by atoms with van der Waals surface area (Å²) in [6.45, 7) is 1.80. The zero-order valence-electron chi connectivity index (χ0n) is 18.6. The molecule has 1 saturated heterocycles. The number of anilines is 2. The molecule has 0 atom stereocenters. The van der Waals surface area contributed by atoms with E-state index in [1.54, 1.807) is 6.07 Å². The molecule has 2 aliphatic rings. The van der Waals surface area contributed by atoms with Gasteiger partial charge < -0.3 is 10.6 Å². The van der Waals surface area contributed by atoms with Gasteiger partial charge in [0.1, 0.15) is 5.82 Å². The molecule has 0 saturated carbocycles. The van der Waals surface area contributed by atoms with Gasteiger partial charge in [0.05, 0.1) is 10.6 Å². The van der Waals surface area contributed by atoms with Crippen LogP contribution in [0.5, 0.6) is 0 Å². The highest BCUT2D eigenvalue weighted by Gasteiger charge is 2.32. The number of piperidine rings is 1. The SMILES string of the molecule is CC(=O)Nc1cc(NC(=O)C2CCN(S(=O)(=O)c3ccc4c(c3)CCCC4)CC2)ccc1F. The first-order valence-corrected chi connectivity index (χ1v) is 12.7. The molecule has 9 heteroatoms. The van der Waals surface area contributed by atoms with Gasteiger partial charge in [-0.1, -0.05) is 6.07 Å². The van der Waals surface area contributed by atoms with Crippen LogP contribution in [0.4, 0.5) is 15.8 Å². The Balaban J connectivity index is 1.38. The van der Waals surface area contributed by atoms with Crippen LogP contribution >= 0.6 is 0 Å². The second-order valence-corrected chi connectivity index (χ2v) is 10.6. The van der Waals surface area contributed by atoms with Crippen LogP contribution in [0.3, 0.4) is 0 Å². The molecule has 2 N–H and O–H groups in total. The summed E-state index contributed by atoms with van der Waals surface area (Å²) >= 11 is 0. The van der Waals surface area contributed by atoms with Crippen LogP contribution < -0.4 is 10.6 Å². The Bertz CT molecular complexity index is 1170. The van der Waals surface area contributed by atoms with E-state index in [9.17, 15) is 22.4 Å². The number of carbonyl (C=O) groups excluding carboxylic acids is 2. The lowest BCUT2D eigenvalue weighted by molar-refractivity contribution is -0.121. The lowest BCUT2D eigenvalue weighted by Gasteiger charge is -2.31. The fraction of sp³-hybridized carbons (Fsp3) is 0.417. The van der Waals surface area contributed by atoms with Gasteiger partial charge in [-0.15, -0.1) is 0 Å². The quantitative estimate of drug-likeness (QED) is 0.692. The number of fused-ring (bicyclic) bond motifs is 1. The third-order valence-electron chi connectivity index (χ3n) is 6.33. The molecule has 7 nitrogen and oxygen atoms in total. The van der Waals surface area contributed by atoms with E-state index in [4.69, 9.17) is 0 Å². The summed E-state index contributed by atoms with van der Waals surface area (Å²) in [7, 11) is -3.61. The van der Waals surface area contributed by atoms with Gasteiger partial charge in [0, 0.05) is 31.6 Å². The summed E-state index contributed by atoms with van der Waals surface area (Å²) < 4.78 is 41.6. The Morgan fingerprint density at radius 1 is 0.970 bits per heavy atom. The maximum Gasteiger partial charge on any atom is 0.243 e. The minimum absolute atomic E-state index is 0.00809. The average Bonchev–Trinajstić information content (AvgIpc) is 2.80. The number of nitrogens with one attached hydrogen (secondary N) is 2. The predicted molar refractivity (Wildman–Crippen MR) is 124 cm³/mol. The van der Waals surface area contributed by atoms with E-state index < -0.39 is 21.7 Å². The van der Waals surface area contributed by atoms with Crippen molar-refractivity contribution in [3.05, 3.63) is 53.3 Å². The van der Waals surface area contributed by atoms with Crippen molar-refractivity contribution < 1.29 is 22.4 Å². The van der Waals surface area contributed by atoms with Crippen LogP contribution in [0.1, 0.15) is 43.7 Å². The van der Waals surface area contributed by atoms with Gasteiger partial charge in [0.25, 0.3) is 0 Å². The fourth-order valence-corrected chi connectivity index (χ4v) is 6.03. The van der Waals surface area contributed by atoms with Gasteiger partial charge in [-0.3, -0.25) is 9.59 Å². The number of carbonyl (C=O) groups is 2. The third-order valence-corrected chi connectivity index (χ3v) is 8.22. The first-order valence-electron chi connectivity index (χ1n) is 11.2. The Morgan fingerprint density at radius 2 is 1.67 bits per heavy atom. The van der Waals surface area contributed by atoms with Crippen LogP contribution in [0.15, 0.2) is 41.3 Å². The van der Waals surface area contributed by atoms with Gasteiger partial charge in [0.2, 0.25) is 21.8 Å². The molecule has 0 radical (unpaired) electrons. The predicted octanol–water partition coefficient (Wildman–Crippen LogP) is 3.70. The summed E-state index contributed by atoms with van der Waals surface area (Å²) in [6, 6.07) is 9.40. The van der Waals surface area contributed by atoms with Gasteiger partial charge in [-0.25, -0.2) is 12.8 Å². The number of hydrogen-bond donors (Lipinski definition) is 2. The maximum absolute atomic E-state index is 13.8. The summed E-state index contributed by atoms with van der Waals surface area (Å²) in [5, 5.41) is 5.13. The summed E-state index contributed by atoms with van der Waals surface area (Å²) in [4.78, 5) is 24.2. The lowest BCUT2D eigenvalue weighted by atomic mass is 9.92. The molecule has 4 rings (SSSR count). The monoisotopic (exact) mass is 473 g/mol. The van der Waals surface area contributed by atoms with E-state index >= 15 is 0 Å². The zero-order chi connectivity index (χ0) is 23.6. The van der Waals surface area contributed by atoms with E-state index in [0.29, 0.717) is 23.4 Å². The van der Waals surface area contributed by atoms with Crippen LogP contribution in [0.25, 0.3) is 0 Å². The van der Waals surface area contributed by atoms with Crippen LogP contribution in [-0.4, -0.2) is 37.6 Å². The Labute approximate surface area is 193 Å². The van der Waals surface area contributed by atoms with Gasteiger partial charge >= 0.3 is 0 Å². The second kappa shape index (κ2) is 9.61. The Kier molecular flexibility index (Phi) is 6.81. The van der Waals surface area contributed by atoms with E-state index in [1.807, 2.05) is 12.1 Å². The number of benzene rings is 2. The largest absolute Gasteiger partial charge is 0.326 e. The smallest absolute Gasteiger partial charge is 0.243 e. The zero-order valence-corrected chi connectivity index (χ0v) is 19.4. The van der Waals surface area contributed by atoms with Crippen molar-refractivity contribution in [1.82, 2.24) is 4.31 Å². The molecule has 1 fully saturated rings. The van der Waals surface area contributed by atoms with Crippen LogP contribution in [-0.2, 0) is 32.5 Å². The number of amides is 2. The van der Waals surface area contributed by atoms with Gasteiger partial charge in [-0.05, 0) is 80.0 Å². The molecular formula is C24H28FN3O4S. The molecule has 2 aromatic carbocycles. The molecule has 0 aromatic heterocycles. The highest BCUT2D eigenvalue weighted by atomic mass is 32.2. The lowest BCUT2D eigenvalue weighted by Crippen LogP contribution is -2.41. The minimum Gasteiger partial charge on any atom is -0.326 e. The normalized spacial score (nSPS) is 17.3. The standard InChI is InChI=1S/C24H28FN3O4S/c1-16(29)26-23-15-20(7-9-22(23)25)27-24(30)18-10-12-28(13-11-18)33(31,32)21-8-6-17-4-2-3-5-19(17)14-21/h6-9,14-15,18H,2-5,10-13H2,1H3,(H,26,29)(H,27,30). The molecular weight excluding hydrogens is 445 g/mol. The third kappa shape index (κ3) is 5.25. The molecule has 1 heterocycles. The number of nitrogens with zero attached hydrogens (tertiary/aromatic N) is 1. The fourth-order valence-electron chi connectivity index (χ4n) is 4.51. The summed E-state index contributed by atoms with van der Waals surface area (Å²) in [5.41, 5.74) is 2.72. The highest BCUT2D eigenvalue weighted by Crippen LogP contribution is 2.29. The molecule has 2 aromatic rings. The van der Waals surface area contributed by atoms with Crippen molar-refractivity contribution >= 4 is 33.2 Å². The van der Waals surface area contributed by atoms with Crippen LogP contribution in [0.2, 0.25) is 0 Å². The number of halogens is 1. The first kappa shape index (κ1) is 23.4. The van der Waals surface area contributed by atoms with E-state index in [-0.39, 0.29) is 30.6 Å². The van der Waals surface area contributed by atoms with Gasteiger partial charge in [0.15, 0.2) is 0 Å². The van der Waals surface area contributed by atoms with Crippen molar-refractivity contribution in [2.45, 2.75) is 50.3 Å². The van der Waals surface area contributed by atoms with Crippen LogP contribution in [0, 0.1) is 11.7 Å². The molecule has 1 aliphatic heterocycles. The van der Waals surface area contributed by atoms with Crippen molar-refractivity contribution in [3.63, 3.8) is 0 Å². The topological polar surface area (TPSA) is 95.6 Å². The molecule has 0 unspecified atom stereocenters. The van der Waals surface area contributed by atoms with E-state index in [0.717, 1.165) is 31.2 Å². The minimum atomic E-state index is -3.61. The Morgan fingerprint density at radius 3 is 2.36 bits per heavy atom.